The van der Waals surface area contributed by atoms with Crippen molar-refractivity contribution in [3.63, 3.8) is 0 Å². The largest absolute Gasteiger partial charge is 0.508 e. The first-order valence-electron chi connectivity index (χ1n) is 19.6. The molecule has 4 aromatic carbocycles. The maximum atomic E-state index is 9.81. The average molecular weight is 849 g/mol. The van der Waals surface area contributed by atoms with Gasteiger partial charge in [-0.3, -0.25) is 0 Å². The number of thiazole rings is 2. The van der Waals surface area contributed by atoms with Crippen LogP contribution in [0.4, 0.5) is 23.0 Å². The number of rotatable bonds is 10. The summed E-state index contributed by atoms with van der Waals surface area (Å²) in [5.41, 5.74) is 13.3. The Morgan fingerprint density at radius 3 is 1.69 bits per heavy atom. The molecule has 15 heteroatoms. The number of phenolic OH excluding ortho intramolecular Hbond substituents is 1. The first-order valence-corrected chi connectivity index (χ1v) is 21.4. The number of aryl methyl sites for hydroxylation is 4. The predicted molar refractivity (Wildman–Crippen MR) is 247 cm³/mol. The van der Waals surface area contributed by atoms with Crippen LogP contribution in [0, 0.1) is 27.7 Å². The molecular formula is C46H44N10O3S2. The highest BCUT2D eigenvalue weighted by molar-refractivity contribution is 7.10. The van der Waals surface area contributed by atoms with Crippen molar-refractivity contribution in [1.29, 1.82) is 0 Å². The molecule has 0 saturated heterocycles. The van der Waals surface area contributed by atoms with Gasteiger partial charge in [-0.2, -0.15) is 0 Å². The summed E-state index contributed by atoms with van der Waals surface area (Å²) in [4.78, 5) is 34.7. The number of hydrogen-bond acceptors (Lipinski definition) is 13. The number of phenols is 1. The molecular weight excluding hydrogens is 805 g/mol. The summed E-state index contributed by atoms with van der Waals surface area (Å²) < 4.78 is 6.06. The summed E-state index contributed by atoms with van der Waals surface area (Å²) in [6.07, 6.45) is 8.53. The van der Waals surface area contributed by atoms with Crippen LogP contribution in [0.15, 0.2) is 109 Å². The molecule has 61 heavy (non-hydrogen) atoms. The summed E-state index contributed by atoms with van der Waals surface area (Å²) in [5, 5.41) is 29.3. The van der Waals surface area contributed by atoms with E-state index in [1.165, 1.54) is 26.9 Å². The SMILES string of the molecule is Cc1cc2c(Nc3ccc4cc[nH]c4c3)ncnc2cc1O.Cc1cc2c(Nc3ccc4cc[nH]c4c3)ncnc2cc1OCCc1scnc1C.Cc1ncsc1CCO. The van der Waals surface area contributed by atoms with Gasteiger partial charge in [-0.1, -0.05) is 12.1 Å². The minimum absolute atomic E-state index is 0.225. The van der Waals surface area contributed by atoms with Crippen molar-refractivity contribution in [2.24, 2.45) is 0 Å². The Bertz CT molecular complexity index is 3080. The number of nitrogens with one attached hydrogen (secondary N) is 4. The number of hydrogen-bond donors (Lipinski definition) is 6. The van der Waals surface area contributed by atoms with E-state index in [9.17, 15) is 5.11 Å². The van der Waals surface area contributed by atoms with E-state index in [1.54, 1.807) is 40.6 Å². The van der Waals surface area contributed by atoms with Crippen LogP contribution >= 0.6 is 22.7 Å². The molecule has 0 aliphatic rings. The minimum atomic E-state index is 0.225. The lowest BCUT2D eigenvalue weighted by atomic mass is 10.1. The number of aromatic hydroxyl groups is 1. The zero-order chi connectivity index (χ0) is 42.3. The Hall–Kier alpha value is -6.94. The summed E-state index contributed by atoms with van der Waals surface area (Å²) in [6, 6.07) is 24.0. The molecule has 308 valence electrons. The first kappa shape index (κ1) is 40.8. The van der Waals surface area contributed by atoms with Gasteiger partial charge in [0.1, 0.15) is 35.8 Å². The summed E-state index contributed by atoms with van der Waals surface area (Å²) in [7, 11) is 0. The number of benzene rings is 4. The molecule has 6 heterocycles. The van der Waals surface area contributed by atoms with Crippen LogP contribution in [0.3, 0.4) is 0 Å². The van der Waals surface area contributed by atoms with Crippen LogP contribution in [0.1, 0.15) is 32.3 Å². The molecule has 0 bridgehead atoms. The highest BCUT2D eigenvalue weighted by Crippen LogP contribution is 2.32. The molecule has 10 rings (SSSR count). The zero-order valence-corrected chi connectivity index (χ0v) is 35.7. The number of aromatic amines is 2. The number of nitrogens with zero attached hydrogens (tertiary/aromatic N) is 6. The molecule has 0 spiro atoms. The smallest absolute Gasteiger partial charge is 0.141 e. The number of anilines is 4. The summed E-state index contributed by atoms with van der Waals surface area (Å²) in [6.45, 7) is 8.74. The monoisotopic (exact) mass is 848 g/mol. The normalized spacial score (nSPS) is 11.0. The quantitative estimate of drug-likeness (QED) is 0.0770. The van der Waals surface area contributed by atoms with Crippen LogP contribution in [0.25, 0.3) is 43.6 Å². The fourth-order valence-electron chi connectivity index (χ4n) is 6.76. The molecule has 0 fully saturated rings. The molecule has 0 unspecified atom stereocenters. The highest BCUT2D eigenvalue weighted by atomic mass is 32.1. The zero-order valence-electron chi connectivity index (χ0n) is 34.0. The molecule has 6 aromatic heterocycles. The van der Waals surface area contributed by atoms with E-state index >= 15 is 0 Å². The number of fused-ring (bicyclic) bond motifs is 4. The van der Waals surface area contributed by atoms with Gasteiger partial charge in [0.05, 0.1) is 40.0 Å². The number of aromatic nitrogens is 8. The van der Waals surface area contributed by atoms with E-state index in [4.69, 9.17) is 9.84 Å². The second-order valence-electron chi connectivity index (χ2n) is 14.3. The molecule has 0 aliphatic carbocycles. The van der Waals surface area contributed by atoms with Crippen LogP contribution in [0.5, 0.6) is 11.5 Å². The summed E-state index contributed by atoms with van der Waals surface area (Å²) in [5.74, 6) is 2.59. The molecule has 0 atom stereocenters. The van der Waals surface area contributed by atoms with Gasteiger partial charge in [-0.25, -0.2) is 29.9 Å². The lowest BCUT2D eigenvalue weighted by Gasteiger charge is -2.13. The fourth-order valence-corrected chi connectivity index (χ4v) is 8.29. The third-order valence-corrected chi connectivity index (χ3v) is 12.1. The maximum absolute atomic E-state index is 9.81. The maximum Gasteiger partial charge on any atom is 0.141 e. The van der Waals surface area contributed by atoms with Gasteiger partial charge in [-0.15, -0.1) is 22.7 Å². The predicted octanol–water partition coefficient (Wildman–Crippen LogP) is 10.4. The van der Waals surface area contributed by atoms with Gasteiger partial charge in [0.2, 0.25) is 0 Å². The lowest BCUT2D eigenvalue weighted by Crippen LogP contribution is -2.03. The van der Waals surface area contributed by atoms with E-state index in [2.05, 4.69) is 93.8 Å². The Morgan fingerprint density at radius 1 is 0.607 bits per heavy atom. The molecule has 13 nitrogen and oxygen atoms in total. The van der Waals surface area contributed by atoms with Crippen molar-refractivity contribution >= 4 is 89.3 Å². The van der Waals surface area contributed by atoms with Gasteiger partial charge in [0, 0.05) is 86.9 Å². The van der Waals surface area contributed by atoms with Crippen molar-refractivity contribution in [1.82, 2.24) is 39.9 Å². The van der Waals surface area contributed by atoms with Gasteiger partial charge < -0.3 is 35.6 Å². The number of H-pyrrole nitrogens is 2. The van der Waals surface area contributed by atoms with Crippen molar-refractivity contribution in [3.8, 4) is 11.5 Å². The topological polar surface area (TPSA) is 183 Å². The Labute approximate surface area is 359 Å². The summed E-state index contributed by atoms with van der Waals surface area (Å²) >= 11 is 3.28. The minimum Gasteiger partial charge on any atom is -0.508 e. The Kier molecular flexibility index (Phi) is 12.4. The van der Waals surface area contributed by atoms with Crippen LogP contribution < -0.4 is 15.4 Å². The molecule has 0 saturated carbocycles. The van der Waals surface area contributed by atoms with Gasteiger partial charge in [0.15, 0.2) is 0 Å². The standard InChI is InChI=1S/C23H21N5OS.C17H14N4O.C6H9NOS/c1-14-9-18-20(11-21(14)29-8-6-22-15(2)27-13-30-22)25-12-26-23(18)28-17-4-3-16-5-7-24-19(16)10-17;1-10-6-13-15(8-16(10)22)19-9-20-17(13)21-12-3-2-11-4-5-18-14(11)7-12;1-5-6(2-3-8)9-4-7-5/h3-5,7,9-13,24H,6,8H2,1-2H3,(H,25,26,28);2-9,18,22H,1H3,(H,19,20,21);4,8H,2-3H2,1H3. The van der Waals surface area contributed by atoms with E-state index in [0.717, 1.165) is 91.4 Å². The van der Waals surface area contributed by atoms with Crippen LogP contribution in [-0.4, -0.2) is 63.3 Å². The van der Waals surface area contributed by atoms with Gasteiger partial charge >= 0.3 is 0 Å². The van der Waals surface area contributed by atoms with Crippen molar-refractivity contribution in [3.05, 3.63) is 141 Å². The third kappa shape index (κ3) is 9.60. The highest BCUT2D eigenvalue weighted by Gasteiger charge is 2.11. The molecule has 10 aromatic rings. The van der Waals surface area contributed by atoms with Crippen LogP contribution in [0.2, 0.25) is 0 Å². The van der Waals surface area contributed by atoms with Crippen molar-refractivity contribution in [2.45, 2.75) is 40.5 Å². The van der Waals surface area contributed by atoms with Crippen molar-refractivity contribution in [2.75, 3.05) is 23.8 Å². The number of aliphatic hydroxyl groups excluding tert-OH is 1. The lowest BCUT2D eigenvalue weighted by molar-refractivity contribution is 0.300. The van der Waals surface area contributed by atoms with Gasteiger partial charge in [-0.05, 0) is 98.1 Å². The van der Waals surface area contributed by atoms with Gasteiger partial charge in [0.25, 0.3) is 0 Å². The Morgan fingerprint density at radius 2 is 1.15 bits per heavy atom. The van der Waals surface area contributed by atoms with E-state index < -0.39 is 0 Å². The van der Waals surface area contributed by atoms with E-state index in [-0.39, 0.29) is 12.4 Å². The van der Waals surface area contributed by atoms with E-state index in [0.29, 0.717) is 12.1 Å². The average Bonchev–Trinajstić information content (AvgIpc) is 4.09. The molecule has 0 amide bonds. The molecule has 0 aliphatic heterocycles. The van der Waals surface area contributed by atoms with Crippen LogP contribution in [-0.2, 0) is 12.8 Å². The molecule has 6 N–H and O–H groups in total. The number of ether oxygens (including phenoxy) is 1. The fraction of sp³-hybridized carbons (Fsp3) is 0.174. The second kappa shape index (κ2) is 18.5. The number of aliphatic hydroxyl groups is 1. The molecule has 0 radical (unpaired) electrons. The Balaban J connectivity index is 0.000000144. The first-order chi connectivity index (χ1) is 29.7. The van der Waals surface area contributed by atoms with Crippen molar-refractivity contribution < 1.29 is 14.9 Å². The third-order valence-electron chi connectivity index (χ3n) is 10.1. The second-order valence-corrected chi connectivity index (χ2v) is 16.2. The van der Waals surface area contributed by atoms with E-state index in [1.807, 2.05) is 69.0 Å².